The number of pyridine rings is 1. The highest BCUT2D eigenvalue weighted by Crippen LogP contribution is 2.04. The molecule has 1 heterocycles. The number of nitrogens with one attached hydrogen (secondary N) is 1. The molecule has 17 heavy (non-hydrogen) atoms. The van der Waals surface area contributed by atoms with Crippen molar-refractivity contribution in [2.24, 2.45) is 0 Å². The molecule has 1 atom stereocenters. The molecule has 0 aromatic carbocycles. The Morgan fingerprint density at radius 2 is 2.06 bits per heavy atom. The summed E-state index contributed by atoms with van der Waals surface area (Å²) in [5, 5.41) is 3.50. The van der Waals surface area contributed by atoms with Crippen LogP contribution in [-0.2, 0) is 6.54 Å². The molecule has 1 unspecified atom stereocenters. The second kappa shape index (κ2) is 8.20. The van der Waals surface area contributed by atoms with Gasteiger partial charge < -0.3 is 5.32 Å². The van der Waals surface area contributed by atoms with Crippen LogP contribution in [0.1, 0.15) is 32.3 Å². The maximum atomic E-state index is 4.04. The fraction of sp³-hybridized carbons (Fsp3) is 0.643. The molecule has 0 saturated carbocycles. The molecular formula is C14H25N3. The van der Waals surface area contributed by atoms with Crippen LogP contribution in [0.4, 0.5) is 0 Å². The molecule has 3 nitrogen and oxygen atoms in total. The Morgan fingerprint density at radius 1 is 1.35 bits per heavy atom. The van der Waals surface area contributed by atoms with Crippen molar-refractivity contribution in [3.8, 4) is 0 Å². The van der Waals surface area contributed by atoms with Crippen molar-refractivity contribution in [3.05, 3.63) is 30.1 Å². The van der Waals surface area contributed by atoms with Crippen molar-refractivity contribution in [3.63, 3.8) is 0 Å². The maximum Gasteiger partial charge on any atom is 0.0271 e. The minimum atomic E-state index is 0.556. The van der Waals surface area contributed by atoms with Crippen LogP contribution in [0.25, 0.3) is 0 Å². The largest absolute Gasteiger partial charge is 0.315 e. The number of unbranched alkanes of at least 4 members (excludes halogenated alkanes) is 1. The average molecular weight is 235 g/mol. The maximum absolute atomic E-state index is 4.04. The molecule has 1 aromatic rings. The molecule has 1 aromatic heterocycles. The predicted molar refractivity (Wildman–Crippen MR) is 72.9 cm³/mol. The van der Waals surface area contributed by atoms with E-state index in [-0.39, 0.29) is 0 Å². The van der Waals surface area contributed by atoms with Gasteiger partial charge in [-0.1, -0.05) is 13.3 Å². The number of nitrogens with zero attached hydrogens (tertiary/aromatic N) is 2. The van der Waals surface area contributed by atoms with Gasteiger partial charge in [0.05, 0.1) is 0 Å². The Kier molecular flexibility index (Phi) is 6.82. The van der Waals surface area contributed by atoms with E-state index in [4.69, 9.17) is 0 Å². The highest BCUT2D eigenvalue weighted by molar-refractivity contribution is 5.09. The summed E-state index contributed by atoms with van der Waals surface area (Å²) in [5.41, 5.74) is 1.32. The van der Waals surface area contributed by atoms with E-state index in [0.717, 1.165) is 19.6 Å². The lowest BCUT2D eigenvalue weighted by Gasteiger charge is -2.25. The normalized spacial score (nSPS) is 12.9. The van der Waals surface area contributed by atoms with Crippen LogP contribution in [0.3, 0.4) is 0 Å². The minimum Gasteiger partial charge on any atom is -0.315 e. The molecule has 0 aliphatic heterocycles. The van der Waals surface area contributed by atoms with E-state index in [0.29, 0.717) is 6.04 Å². The summed E-state index contributed by atoms with van der Waals surface area (Å²) in [6, 6.07) is 4.71. The first kappa shape index (κ1) is 14.1. The number of hydrogen-bond acceptors (Lipinski definition) is 3. The number of aromatic nitrogens is 1. The summed E-state index contributed by atoms with van der Waals surface area (Å²) in [7, 11) is 2.17. The van der Waals surface area contributed by atoms with Crippen molar-refractivity contribution < 1.29 is 0 Å². The quantitative estimate of drug-likeness (QED) is 0.701. The van der Waals surface area contributed by atoms with Crippen LogP contribution < -0.4 is 5.32 Å². The van der Waals surface area contributed by atoms with Gasteiger partial charge in [0, 0.05) is 31.5 Å². The van der Waals surface area contributed by atoms with Crippen molar-refractivity contribution >= 4 is 0 Å². The molecule has 1 N–H and O–H groups in total. The average Bonchev–Trinajstić information content (AvgIpc) is 2.35. The van der Waals surface area contributed by atoms with E-state index in [1.807, 2.05) is 12.4 Å². The lowest BCUT2D eigenvalue weighted by atomic mass is 10.2. The first-order valence-electron chi connectivity index (χ1n) is 6.54. The van der Waals surface area contributed by atoms with E-state index in [1.165, 1.54) is 18.4 Å². The SMILES string of the molecule is CCCCNCC(C)N(C)Cc1ccncc1. The van der Waals surface area contributed by atoms with Gasteiger partial charge in [0.2, 0.25) is 0 Å². The fourth-order valence-electron chi connectivity index (χ4n) is 1.70. The smallest absolute Gasteiger partial charge is 0.0271 e. The van der Waals surface area contributed by atoms with E-state index >= 15 is 0 Å². The molecule has 0 saturated heterocycles. The van der Waals surface area contributed by atoms with E-state index in [1.54, 1.807) is 0 Å². The molecule has 0 spiro atoms. The molecule has 0 aliphatic carbocycles. The van der Waals surface area contributed by atoms with Crippen LogP contribution in [0, 0.1) is 0 Å². The van der Waals surface area contributed by atoms with Crippen LogP contribution in [0.15, 0.2) is 24.5 Å². The lowest BCUT2D eigenvalue weighted by molar-refractivity contribution is 0.243. The topological polar surface area (TPSA) is 28.2 Å². The third kappa shape index (κ3) is 5.80. The summed E-state index contributed by atoms with van der Waals surface area (Å²) >= 11 is 0. The third-order valence-corrected chi connectivity index (χ3v) is 3.08. The van der Waals surface area contributed by atoms with Crippen molar-refractivity contribution in [2.45, 2.75) is 39.3 Å². The van der Waals surface area contributed by atoms with Crippen LogP contribution in [0.5, 0.6) is 0 Å². The fourth-order valence-corrected chi connectivity index (χ4v) is 1.70. The standard InChI is InChI=1S/C14H25N3/c1-4-5-8-16-11-13(2)17(3)12-14-6-9-15-10-7-14/h6-7,9-10,13,16H,4-5,8,11-12H2,1-3H3. The van der Waals surface area contributed by atoms with Gasteiger partial charge in [-0.25, -0.2) is 0 Å². The first-order valence-corrected chi connectivity index (χ1v) is 6.54. The van der Waals surface area contributed by atoms with Crippen LogP contribution >= 0.6 is 0 Å². The van der Waals surface area contributed by atoms with E-state index < -0.39 is 0 Å². The zero-order valence-corrected chi connectivity index (χ0v) is 11.3. The van der Waals surface area contributed by atoms with Crippen molar-refractivity contribution in [2.75, 3.05) is 20.1 Å². The summed E-state index contributed by atoms with van der Waals surface area (Å²) in [6.45, 7) is 7.66. The molecule has 0 fully saturated rings. The molecule has 96 valence electrons. The molecular weight excluding hydrogens is 210 g/mol. The second-order valence-electron chi connectivity index (χ2n) is 4.68. The zero-order valence-electron chi connectivity index (χ0n) is 11.3. The van der Waals surface area contributed by atoms with E-state index in [2.05, 4.69) is 48.2 Å². The third-order valence-electron chi connectivity index (χ3n) is 3.08. The van der Waals surface area contributed by atoms with Gasteiger partial charge in [0.15, 0.2) is 0 Å². The lowest BCUT2D eigenvalue weighted by Crippen LogP contribution is -2.37. The van der Waals surface area contributed by atoms with Gasteiger partial charge in [-0.3, -0.25) is 9.88 Å². The molecule has 3 heteroatoms. The number of rotatable bonds is 8. The summed E-state index contributed by atoms with van der Waals surface area (Å²) in [5.74, 6) is 0. The van der Waals surface area contributed by atoms with E-state index in [9.17, 15) is 0 Å². The summed E-state index contributed by atoms with van der Waals surface area (Å²) in [4.78, 5) is 6.41. The monoisotopic (exact) mass is 235 g/mol. The highest BCUT2D eigenvalue weighted by atomic mass is 15.1. The highest BCUT2D eigenvalue weighted by Gasteiger charge is 2.08. The first-order chi connectivity index (χ1) is 8.24. The van der Waals surface area contributed by atoms with Crippen molar-refractivity contribution in [1.29, 1.82) is 0 Å². The van der Waals surface area contributed by atoms with Gasteiger partial charge in [-0.05, 0) is 44.6 Å². The van der Waals surface area contributed by atoms with Gasteiger partial charge in [-0.2, -0.15) is 0 Å². The Balaban J connectivity index is 2.24. The summed E-state index contributed by atoms with van der Waals surface area (Å²) < 4.78 is 0. The van der Waals surface area contributed by atoms with Gasteiger partial charge in [-0.15, -0.1) is 0 Å². The predicted octanol–water partition coefficient (Wildman–Crippen LogP) is 2.29. The Bertz CT molecular complexity index is 287. The molecule has 1 rings (SSSR count). The van der Waals surface area contributed by atoms with Gasteiger partial charge in [0.25, 0.3) is 0 Å². The number of likely N-dealkylation sites (N-methyl/N-ethyl adjacent to an activating group) is 1. The van der Waals surface area contributed by atoms with Gasteiger partial charge >= 0.3 is 0 Å². The Labute approximate surface area is 105 Å². The zero-order chi connectivity index (χ0) is 12.5. The molecule has 0 bridgehead atoms. The molecule has 0 aliphatic rings. The Morgan fingerprint density at radius 3 is 2.71 bits per heavy atom. The molecule has 0 amide bonds. The van der Waals surface area contributed by atoms with Crippen molar-refractivity contribution in [1.82, 2.24) is 15.2 Å². The molecule has 0 radical (unpaired) electrons. The van der Waals surface area contributed by atoms with Crippen LogP contribution in [-0.4, -0.2) is 36.1 Å². The number of hydrogen-bond donors (Lipinski definition) is 1. The second-order valence-corrected chi connectivity index (χ2v) is 4.68. The minimum absolute atomic E-state index is 0.556. The Hall–Kier alpha value is -0.930. The summed E-state index contributed by atoms with van der Waals surface area (Å²) in [6.07, 6.45) is 6.23. The van der Waals surface area contributed by atoms with Crippen LogP contribution in [0.2, 0.25) is 0 Å². The van der Waals surface area contributed by atoms with Gasteiger partial charge in [0.1, 0.15) is 0 Å².